The van der Waals surface area contributed by atoms with Crippen LogP contribution in [0.3, 0.4) is 0 Å². The molecule has 0 saturated heterocycles. The molecule has 0 N–H and O–H groups in total. The number of hydrogen-bond acceptors (Lipinski definition) is 3. The number of hydrogen-bond donors (Lipinski definition) is 0. The van der Waals surface area contributed by atoms with Crippen molar-refractivity contribution in [2.45, 2.75) is 46.0 Å². The van der Waals surface area contributed by atoms with Gasteiger partial charge >= 0.3 is 0 Å². The lowest BCUT2D eigenvalue weighted by molar-refractivity contribution is -0.135. The van der Waals surface area contributed by atoms with Crippen molar-refractivity contribution in [3.05, 3.63) is 57.8 Å². The van der Waals surface area contributed by atoms with E-state index < -0.39 is 11.7 Å². The third-order valence-electron chi connectivity index (χ3n) is 4.88. The number of carbonyl (C=O) groups excluding carboxylic acids is 2. The highest BCUT2D eigenvalue weighted by atomic mass is 79.9. The fourth-order valence-electron chi connectivity index (χ4n) is 3.65. The molecule has 0 atom stereocenters. The maximum atomic E-state index is 14.1. The minimum absolute atomic E-state index is 0.0575. The number of aryl methyl sites for hydroxylation is 1. The van der Waals surface area contributed by atoms with Gasteiger partial charge in [-0.15, -0.1) is 0 Å². The Kier molecular flexibility index (Phi) is 5.52. The number of rotatable bonds is 4. The van der Waals surface area contributed by atoms with Crippen LogP contribution in [0.5, 0.6) is 11.5 Å². The Balaban J connectivity index is 1.97. The van der Waals surface area contributed by atoms with Crippen LogP contribution in [0.15, 0.2) is 40.9 Å². The molecule has 0 spiro atoms. The molecule has 5 heteroatoms. The Labute approximate surface area is 167 Å². The van der Waals surface area contributed by atoms with Crippen LogP contribution < -0.4 is 4.74 Å². The molecule has 0 aliphatic heterocycles. The first-order valence-electron chi connectivity index (χ1n) is 9.01. The summed E-state index contributed by atoms with van der Waals surface area (Å²) < 4.78 is 20.4. The minimum atomic E-state index is -0.758. The molecule has 142 valence electrons. The lowest BCUT2D eigenvalue weighted by atomic mass is 9.69. The molecule has 0 aromatic heterocycles. The predicted octanol–water partition coefficient (Wildman–Crippen LogP) is 5.98. The monoisotopic (exact) mass is 432 g/mol. The van der Waals surface area contributed by atoms with E-state index in [4.69, 9.17) is 4.74 Å². The highest BCUT2D eigenvalue weighted by Crippen LogP contribution is 2.40. The van der Waals surface area contributed by atoms with E-state index in [2.05, 4.69) is 15.9 Å². The Morgan fingerprint density at radius 1 is 1.11 bits per heavy atom. The predicted molar refractivity (Wildman–Crippen MR) is 106 cm³/mol. The van der Waals surface area contributed by atoms with Crippen LogP contribution in [0, 0.1) is 11.2 Å². The molecule has 1 aliphatic rings. The van der Waals surface area contributed by atoms with Crippen LogP contribution in [0.4, 0.5) is 4.39 Å². The highest BCUT2D eigenvalue weighted by Gasteiger charge is 2.41. The second kappa shape index (κ2) is 7.55. The molecule has 0 radical (unpaired) electrons. The van der Waals surface area contributed by atoms with Crippen LogP contribution >= 0.6 is 15.9 Å². The number of ether oxygens (including phenoxy) is 1. The minimum Gasteiger partial charge on any atom is -0.454 e. The van der Waals surface area contributed by atoms with E-state index in [-0.39, 0.29) is 22.7 Å². The van der Waals surface area contributed by atoms with Crippen molar-refractivity contribution < 1.29 is 18.7 Å². The van der Waals surface area contributed by atoms with Gasteiger partial charge in [-0.3, -0.25) is 9.59 Å². The molecule has 0 bridgehead atoms. The molecule has 3 rings (SSSR count). The molecule has 3 nitrogen and oxygen atoms in total. The summed E-state index contributed by atoms with van der Waals surface area (Å²) in [6.07, 6.45) is 1.45. The maximum absolute atomic E-state index is 14.1. The first kappa shape index (κ1) is 19.7. The number of carbonyl (C=O) groups is 2. The van der Waals surface area contributed by atoms with E-state index >= 15 is 0 Å². The van der Waals surface area contributed by atoms with Crippen LogP contribution in [0.25, 0.3) is 0 Å². The van der Waals surface area contributed by atoms with Gasteiger partial charge in [0.15, 0.2) is 11.6 Å². The smallest absolute Gasteiger partial charge is 0.166 e. The van der Waals surface area contributed by atoms with E-state index in [1.165, 1.54) is 12.1 Å². The van der Waals surface area contributed by atoms with Gasteiger partial charge in [0.1, 0.15) is 23.2 Å². The van der Waals surface area contributed by atoms with Gasteiger partial charge in [0.05, 0.1) is 0 Å². The van der Waals surface area contributed by atoms with Gasteiger partial charge in [0.25, 0.3) is 0 Å². The molecule has 0 amide bonds. The normalized spacial score (nSPS) is 17.2. The van der Waals surface area contributed by atoms with Gasteiger partial charge in [0.2, 0.25) is 0 Å². The van der Waals surface area contributed by atoms with E-state index in [9.17, 15) is 14.0 Å². The maximum Gasteiger partial charge on any atom is 0.166 e. The number of halogens is 2. The summed E-state index contributed by atoms with van der Waals surface area (Å²) in [6, 6.07) is 9.85. The molecule has 1 aliphatic carbocycles. The molecule has 27 heavy (non-hydrogen) atoms. The summed E-state index contributed by atoms with van der Waals surface area (Å²) in [5, 5.41) is 0. The summed E-state index contributed by atoms with van der Waals surface area (Å²) in [5.41, 5.74) is 1.31. The van der Waals surface area contributed by atoms with Crippen molar-refractivity contribution in [3.8, 4) is 11.5 Å². The molecule has 1 saturated carbocycles. The number of Topliss-reactive ketones (excluding diaryl/α,β-unsaturated/α-hetero) is 2. The van der Waals surface area contributed by atoms with Gasteiger partial charge in [-0.1, -0.05) is 42.8 Å². The molecule has 2 aromatic rings. The van der Waals surface area contributed by atoms with Crippen LogP contribution in [0.2, 0.25) is 0 Å². The van der Waals surface area contributed by atoms with Crippen molar-refractivity contribution in [1.29, 1.82) is 0 Å². The largest absolute Gasteiger partial charge is 0.454 e. The van der Waals surface area contributed by atoms with Crippen LogP contribution in [-0.4, -0.2) is 11.6 Å². The summed E-state index contributed by atoms with van der Waals surface area (Å²) in [5.74, 6) is -0.858. The van der Waals surface area contributed by atoms with E-state index in [1.54, 1.807) is 18.2 Å². The molecule has 0 heterocycles. The zero-order chi connectivity index (χ0) is 19.8. The Morgan fingerprint density at radius 3 is 2.37 bits per heavy atom. The molecular formula is C22H22BrFO3. The summed E-state index contributed by atoms with van der Waals surface area (Å²) in [4.78, 5) is 25.4. The number of ketones is 2. The van der Waals surface area contributed by atoms with Gasteiger partial charge in [-0.25, -0.2) is 4.39 Å². The first-order valence-corrected chi connectivity index (χ1v) is 9.80. The Bertz CT molecular complexity index is 884. The lowest BCUT2D eigenvalue weighted by Crippen LogP contribution is -2.36. The zero-order valence-corrected chi connectivity index (χ0v) is 17.2. The van der Waals surface area contributed by atoms with Crippen molar-refractivity contribution >= 4 is 27.5 Å². The second-order valence-electron chi connectivity index (χ2n) is 7.77. The average Bonchev–Trinajstić information content (AvgIpc) is 2.56. The molecular weight excluding hydrogens is 411 g/mol. The lowest BCUT2D eigenvalue weighted by Gasteiger charge is -2.33. The second-order valence-corrected chi connectivity index (χ2v) is 8.69. The Hall–Kier alpha value is -2.01. The highest BCUT2D eigenvalue weighted by molar-refractivity contribution is 9.10. The molecule has 1 fully saturated rings. The molecule has 2 aromatic carbocycles. The number of benzene rings is 2. The van der Waals surface area contributed by atoms with Gasteiger partial charge in [0, 0.05) is 17.3 Å². The fourth-order valence-corrected chi connectivity index (χ4v) is 3.98. The quantitative estimate of drug-likeness (QED) is 0.557. The zero-order valence-electron chi connectivity index (χ0n) is 15.6. The average molecular weight is 433 g/mol. The summed E-state index contributed by atoms with van der Waals surface area (Å²) in [6.45, 7) is 5.86. The summed E-state index contributed by atoms with van der Waals surface area (Å²) in [7, 11) is 0. The van der Waals surface area contributed by atoms with E-state index in [1.807, 2.05) is 26.8 Å². The standard InChI is InChI=1S/C22H22BrFO3/c1-4-13-5-7-15(27-20-8-6-14(23)9-17(20)24)10-16(13)21-18(25)11-22(2,3)12-19(21)26/h5-10,21H,4,11-12H2,1-3H3. The first-order chi connectivity index (χ1) is 12.7. The van der Waals surface area contributed by atoms with Crippen LogP contribution in [0.1, 0.15) is 50.7 Å². The summed E-state index contributed by atoms with van der Waals surface area (Å²) >= 11 is 3.22. The van der Waals surface area contributed by atoms with Gasteiger partial charge < -0.3 is 4.74 Å². The van der Waals surface area contributed by atoms with Crippen molar-refractivity contribution in [2.75, 3.05) is 0 Å². The van der Waals surface area contributed by atoms with Crippen LogP contribution in [-0.2, 0) is 16.0 Å². The topological polar surface area (TPSA) is 43.4 Å². The Morgan fingerprint density at radius 2 is 1.78 bits per heavy atom. The van der Waals surface area contributed by atoms with E-state index in [0.717, 1.165) is 5.56 Å². The third-order valence-corrected chi connectivity index (χ3v) is 5.37. The van der Waals surface area contributed by atoms with Gasteiger partial charge in [-0.05, 0) is 53.3 Å². The SMILES string of the molecule is CCc1ccc(Oc2ccc(Br)cc2F)cc1C1C(=O)CC(C)(C)CC1=O. The van der Waals surface area contributed by atoms with Crippen molar-refractivity contribution in [3.63, 3.8) is 0 Å². The van der Waals surface area contributed by atoms with Crippen molar-refractivity contribution in [1.82, 2.24) is 0 Å². The van der Waals surface area contributed by atoms with E-state index in [0.29, 0.717) is 35.0 Å². The van der Waals surface area contributed by atoms with Gasteiger partial charge in [-0.2, -0.15) is 0 Å². The van der Waals surface area contributed by atoms with Crippen molar-refractivity contribution in [2.24, 2.45) is 5.41 Å². The molecule has 0 unspecified atom stereocenters. The third kappa shape index (κ3) is 4.29. The fraction of sp³-hybridized carbons (Fsp3) is 0.364.